The van der Waals surface area contributed by atoms with Gasteiger partial charge in [-0.15, -0.1) is 0 Å². The third-order valence-electron chi connectivity index (χ3n) is 8.23. The number of carboxylic acids is 1. The van der Waals surface area contributed by atoms with E-state index in [9.17, 15) is 9.59 Å². The molecule has 4 heteroatoms. The molecule has 0 saturated carbocycles. The van der Waals surface area contributed by atoms with Gasteiger partial charge in [0, 0.05) is 12.0 Å². The van der Waals surface area contributed by atoms with Crippen molar-refractivity contribution < 1.29 is 19.4 Å². The van der Waals surface area contributed by atoms with E-state index >= 15 is 0 Å². The molecule has 0 aliphatic carbocycles. The maximum absolute atomic E-state index is 11.2. The molecule has 0 radical (unpaired) electrons. The Morgan fingerprint density at radius 3 is 1.20 bits per heavy atom. The summed E-state index contributed by atoms with van der Waals surface area (Å²) in [5.41, 5.74) is 0.492. The second kappa shape index (κ2) is 39.4. The number of hydrogen-bond acceptors (Lipinski definition) is 3. The van der Waals surface area contributed by atoms with Crippen molar-refractivity contribution in [1.29, 1.82) is 0 Å². The summed E-state index contributed by atoms with van der Waals surface area (Å²) < 4.78 is 5.08. The van der Waals surface area contributed by atoms with Gasteiger partial charge in [-0.1, -0.05) is 180 Å². The van der Waals surface area contributed by atoms with Crippen molar-refractivity contribution in [1.82, 2.24) is 0 Å². The summed E-state index contributed by atoms with van der Waals surface area (Å²) in [6, 6.07) is 0. The molecule has 44 heavy (non-hydrogen) atoms. The van der Waals surface area contributed by atoms with E-state index in [1.54, 1.807) is 6.92 Å². The highest BCUT2D eigenvalue weighted by atomic mass is 16.5. The molecule has 0 aliphatic rings. The Bertz CT molecular complexity index is 639. The number of carbonyl (C=O) groups excluding carboxylic acids is 1. The van der Waals surface area contributed by atoms with Gasteiger partial charge >= 0.3 is 11.9 Å². The summed E-state index contributed by atoms with van der Waals surface area (Å²) in [4.78, 5) is 21.5. The Morgan fingerprint density at radius 1 is 0.523 bits per heavy atom. The van der Waals surface area contributed by atoms with E-state index in [0.717, 1.165) is 19.3 Å². The number of hydrogen-bond donors (Lipinski definition) is 1. The summed E-state index contributed by atoms with van der Waals surface area (Å²) in [7, 11) is 0. The molecule has 0 bridgehead atoms. The van der Waals surface area contributed by atoms with Crippen LogP contribution in [0.25, 0.3) is 0 Å². The zero-order valence-electron chi connectivity index (χ0n) is 30.0. The van der Waals surface area contributed by atoms with Gasteiger partial charge in [0.15, 0.2) is 0 Å². The van der Waals surface area contributed by atoms with Gasteiger partial charge in [0.25, 0.3) is 0 Å². The molecular formula is C40H76O4. The first-order valence-electron chi connectivity index (χ1n) is 19.1. The number of carboxylic acid groups (broad SMARTS) is 1. The maximum atomic E-state index is 11.2. The SMILES string of the molecule is C=C(C)C(=O)OCCCCCCCCCCCCCCCCCC.CCCCCCC=CCCCCCCCCCC(=O)O. The van der Waals surface area contributed by atoms with Gasteiger partial charge in [-0.3, -0.25) is 4.79 Å². The van der Waals surface area contributed by atoms with Crippen molar-refractivity contribution in [2.24, 2.45) is 0 Å². The van der Waals surface area contributed by atoms with Gasteiger partial charge in [-0.2, -0.15) is 0 Å². The minimum Gasteiger partial charge on any atom is -0.481 e. The summed E-state index contributed by atoms with van der Waals surface area (Å²) in [5.74, 6) is -0.914. The zero-order valence-corrected chi connectivity index (χ0v) is 30.0. The highest BCUT2D eigenvalue weighted by Crippen LogP contribution is 2.14. The van der Waals surface area contributed by atoms with Crippen LogP contribution in [0.4, 0.5) is 0 Å². The molecular weight excluding hydrogens is 544 g/mol. The lowest BCUT2D eigenvalue weighted by Gasteiger charge is -2.05. The van der Waals surface area contributed by atoms with E-state index < -0.39 is 5.97 Å². The van der Waals surface area contributed by atoms with Gasteiger partial charge in [0.1, 0.15) is 0 Å². The van der Waals surface area contributed by atoms with Crippen LogP contribution in [0.5, 0.6) is 0 Å². The maximum Gasteiger partial charge on any atom is 0.333 e. The fourth-order valence-electron chi connectivity index (χ4n) is 5.29. The number of rotatable bonds is 33. The number of esters is 1. The largest absolute Gasteiger partial charge is 0.481 e. The number of unbranched alkanes of at least 4 members (excludes halogenated alkanes) is 26. The molecule has 0 saturated heterocycles. The van der Waals surface area contributed by atoms with Gasteiger partial charge in [-0.05, 0) is 45.4 Å². The quantitative estimate of drug-likeness (QED) is 0.0343. The summed E-state index contributed by atoms with van der Waals surface area (Å²) in [6.45, 7) is 10.3. The summed E-state index contributed by atoms with van der Waals surface area (Å²) in [6.07, 6.45) is 43.0. The predicted octanol–water partition coefficient (Wildman–Crippen LogP) is 13.5. The highest BCUT2D eigenvalue weighted by Gasteiger charge is 2.02. The van der Waals surface area contributed by atoms with Gasteiger partial charge in [0.05, 0.1) is 6.61 Å². The molecule has 0 aliphatic heterocycles. The number of carbonyl (C=O) groups is 2. The fourth-order valence-corrected chi connectivity index (χ4v) is 5.29. The monoisotopic (exact) mass is 621 g/mol. The lowest BCUT2D eigenvalue weighted by Crippen LogP contribution is -2.05. The average molecular weight is 621 g/mol. The molecule has 0 atom stereocenters. The van der Waals surface area contributed by atoms with E-state index in [-0.39, 0.29) is 5.97 Å². The molecule has 0 heterocycles. The molecule has 0 aromatic carbocycles. The normalized spacial score (nSPS) is 11.0. The highest BCUT2D eigenvalue weighted by molar-refractivity contribution is 5.86. The summed E-state index contributed by atoms with van der Waals surface area (Å²) >= 11 is 0. The van der Waals surface area contributed by atoms with Crippen LogP contribution < -0.4 is 0 Å². The fraction of sp³-hybridized carbons (Fsp3) is 0.850. The second-order valence-corrected chi connectivity index (χ2v) is 12.9. The van der Waals surface area contributed by atoms with Crippen molar-refractivity contribution in [2.45, 2.75) is 213 Å². The van der Waals surface area contributed by atoms with Crippen molar-refractivity contribution >= 4 is 11.9 Å². The van der Waals surface area contributed by atoms with Crippen molar-refractivity contribution in [3.63, 3.8) is 0 Å². The van der Waals surface area contributed by atoms with E-state index in [0.29, 0.717) is 18.6 Å². The Balaban J connectivity index is 0. The van der Waals surface area contributed by atoms with Crippen molar-refractivity contribution in [3.05, 3.63) is 24.3 Å². The van der Waals surface area contributed by atoms with Crippen molar-refractivity contribution in [3.8, 4) is 0 Å². The molecule has 4 nitrogen and oxygen atoms in total. The minimum absolute atomic E-state index is 0.254. The van der Waals surface area contributed by atoms with Crippen LogP contribution in [0.15, 0.2) is 24.3 Å². The third kappa shape index (κ3) is 42.6. The standard InChI is InChI=1S/C22H42O2.C18H34O2/c1-4-5-6-7-8-9-10-11-12-13-14-15-16-17-18-19-20-24-22(23)21(2)3;1-2-3-4-5-6-7-8-9-10-11-12-13-14-15-16-17-18(19)20/h2,4-20H2,1,3H3;7-8H,2-6,9-17H2,1H3,(H,19,20). The number of allylic oxidation sites excluding steroid dienone is 2. The van der Waals surface area contributed by atoms with Crippen LogP contribution in [-0.4, -0.2) is 23.7 Å². The minimum atomic E-state index is -0.661. The topological polar surface area (TPSA) is 63.6 Å². The second-order valence-electron chi connectivity index (χ2n) is 12.9. The van der Waals surface area contributed by atoms with Crippen LogP contribution in [0.3, 0.4) is 0 Å². The molecule has 1 N–H and O–H groups in total. The Morgan fingerprint density at radius 2 is 0.841 bits per heavy atom. The average Bonchev–Trinajstić information content (AvgIpc) is 3.00. The Labute approximate surface area is 275 Å². The summed E-state index contributed by atoms with van der Waals surface area (Å²) in [5, 5.41) is 8.51. The van der Waals surface area contributed by atoms with Crippen LogP contribution in [0.1, 0.15) is 213 Å². The van der Waals surface area contributed by atoms with E-state index in [1.807, 2.05) is 0 Å². The van der Waals surface area contributed by atoms with Gasteiger partial charge in [0.2, 0.25) is 0 Å². The lowest BCUT2D eigenvalue weighted by atomic mass is 10.0. The van der Waals surface area contributed by atoms with E-state index in [2.05, 4.69) is 32.6 Å². The smallest absolute Gasteiger partial charge is 0.333 e. The number of ether oxygens (including phenoxy) is 1. The van der Waals surface area contributed by atoms with Gasteiger partial charge in [-0.25, -0.2) is 4.79 Å². The number of aliphatic carboxylic acids is 1. The molecule has 0 aromatic heterocycles. The molecule has 0 unspecified atom stereocenters. The van der Waals surface area contributed by atoms with Crippen molar-refractivity contribution in [2.75, 3.05) is 6.61 Å². The van der Waals surface area contributed by atoms with E-state index in [1.165, 1.54) is 167 Å². The first kappa shape index (κ1) is 44.5. The molecule has 0 rings (SSSR count). The third-order valence-corrected chi connectivity index (χ3v) is 8.23. The Hall–Kier alpha value is -1.58. The van der Waals surface area contributed by atoms with Crippen LogP contribution in [-0.2, 0) is 14.3 Å². The van der Waals surface area contributed by atoms with Crippen LogP contribution >= 0.6 is 0 Å². The molecule has 0 amide bonds. The lowest BCUT2D eigenvalue weighted by molar-refractivity contribution is -0.139. The Kier molecular flexibility index (Phi) is 39.9. The first-order valence-corrected chi connectivity index (χ1v) is 19.1. The first-order chi connectivity index (χ1) is 21.5. The molecule has 0 spiro atoms. The van der Waals surface area contributed by atoms with E-state index in [4.69, 9.17) is 9.84 Å². The van der Waals surface area contributed by atoms with Crippen LogP contribution in [0, 0.1) is 0 Å². The zero-order chi connectivity index (χ0) is 32.8. The van der Waals surface area contributed by atoms with Crippen LogP contribution in [0.2, 0.25) is 0 Å². The molecule has 0 fully saturated rings. The van der Waals surface area contributed by atoms with Gasteiger partial charge < -0.3 is 9.84 Å². The molecule has 260 valence electrons. The predicted molar refractivity (Wildman–Crippen MR) is 192 cm³/mol. The molecule has 0 aromatic rings.